The van der Waals surface area contributed by atoms with Crippen LogP contribution in [0.3, 0.4) is 0 Å². The molecule has 102 valence electrons. The van der Waals surface area contributed by atoms with E-state index in [2.05, 4.69) is 0 Å². The van der Waals surface area contributed by atoms with Crippen LogP contribution in [0.5, 0.6) is 0 Å². The fourth-order valence-electron chi connectivity index (χ4n) is 1.09. The predicted molar refractivity (Wildman–Crippen MR) is 59.1 cm³/mol. The Kier molecular flexibility index (Phi) is 3.89. The zero-order valence-corrected chi connectivity index (χ0v) is 10.4. The minimum atomic E-state index is -4.87. The monoisotopic (exact) mass is 285 g/mol. The van der Waals surface area contributed by atoms with Gasteiger partial charge >= 0.3 is 6.18 Å². The Morgan fingerprint density at radius 3 is 2.22 bits per heavy atom. The van der Waals surface area contributed by atoms with Crippen LogP contribution in [-0.4, -0.2) is 13.7 Å². The van der Waals surface area contributed by atoms with E-state index in [1.165, 1.54) is 13.8 Å². The summed E-state index contributed by atoms with van der Waals surface area (Å²) in [6, 6.07) is 1.93. The molecule has 0 bridgehead atoms. The molecule has 0 radical (unpaired) electrons. The lowest BCUT2D eigenvalue weighted by atomic mass is 10.2. The first kappa shape index (κ1) is 14.7. The molecule has 0 heterocycles. The lowest BCUT2D eigenvalue weighted by molar-refractivity contribution is -0.139. The van der Waals surface area contributed by atoms with Crippen molar-refractivity contribution in [3.05, 3.63) is 29.6 Å². The number of benzene rings is 1. The molecule has 0 aliphatic carbocycles. The average molecular weight is 285 g/mol. The molecule has 8 heteroatoms. The molecule has 0 aliphatic heterocycles. The maximum atomic E-state index is 13.0. The van der Waals surface area contributed by atoms with Crippen LogP contribution in [0.15, 0.2) is 18.2 Å². The molecule has 0 spiro atoms. The molecular formula is C10H11F4NO2S. The van der Waals surface area contributed by atoms with E-state index >= 15 is 0 Å². The largest absolute Gasteiger partial charge is 0.419 e. The summed E-state index contributed by atoms with van der Waals surface area (Å²) >= 11 is 0. The summed E-state index contributed by atoms with van der Waals surface area (Å²) in [6.07, 6.45) is -4.87. The third-order valence-electron chi connectivity index (χ3n) is 2.15. The number of halogens is 4. The van der Waals surface area contributed by atoms with Crippen LogP contribution in [-0.2, 0) is 16.2 Å². The van der Waals surface area contributed by atoms with Gasteiger partial charge < -0.3 is 0 Å². The summed E-state index contributed by atoms with van der Waals surface area (Å²) in [5.74, 6) is -1.45. The fourth-order valence-corrected chi connectivity index (χ4v) is 1.78. The number of hydrogen-bond donors (Lipinski definition) is 1. The second-order valence-electron chi connectivity index (χ2n) is 3.89. The zero-order valence-electron chi connectivity index (χ0n) is 9.55. The normalized spacial score (nSPS) is 12.8. The van der Waals surface area contributed by atoms with Crippen molar-refractivity contribution in [2.75, 3.05) is 4.72 Å². The highest BCUT2D eigenvalue weighted by atomic mass is 32.2. The molecule has 0 saturated carbocycles. The molecule has 3 nitrogen and oxygen atoms in total. The van der Waals surface area contributed by atoms with Crippen LogP contribution in [0.1, 0.15) is 19.4 Å². The van der Waals surface area contributed by atoms with Crippen LogP contribution in [0.2, 0.25) is 0 Å². The van der Waals surface area contributed by atoms with Crippen molar-refractivity contribution < 1.29 is 26.0 Å². The van der Waals surface area contributed by atoms with Gasteiger partial charge in [0.15, 0.2) is 0 Å². The maximum Gasteiger partial charge on any atom is 0.419 e. The molecule has 1 aromatic rings. The van der Waals surface area contributed by atoms with Crippen LogP contribution in [0.25, 0.3) is 0 Å². The molecule has 0 aromatic heterocycles. The van der Waals surface area contributed by atoms with E-state index in [1.54, 1.807) is 0 Å². The Labute approximate surface area is 102 Å². The quantitative estimate of drug-likeness (QED) is 0.868. The third kappa shape index (κ3) is 3.34. The highest BCUT2D eigenvalue weighted by Crippen LogP contribution is 2.33. The van der Waals surface area contributed by atoms with Gasteiger partial charge in [0.2, 0.25) is 10.0 Å². The molecular weight excluding hydrogens is 274 g/mol. The molecule has 0 unspecified atom stereocenters. The minimum absolute atomic E-state index is 0.322. The molecule has 0 saturated heterocycles. The number of nitrogens with one attached hydrogen (secondary N) is 1. The third-order valence-corrected chi connectivity index (χ3v) is 3.91. The second-order valence-corrected chi connectivity index (χ2v) is 6.13. The summed E-state index contributed by atoms with van der Waals surface area (Å²) in [5.41, 5.74) is -1.83. The minimum Gasteiger partial charge on any atom is -0.283 e. The van der Waals surface area contributed by atoms with Gasteiger partial charge in [0.1, 0.15) is 5.82 Å². The van der Waals surface area contributed by atoms with Gasteiger partial charge in [-0.3, -0.25) is 4.72 Å². The number of rotatable bonds is 3. The summed E-state index contributed by atoms with van der Waals surface area (Å²) in [5, 5.41) is -0.808. The van der Waals surface area contributed by atoms with Crippen molar-refractivity contribution in [3.8, 4) is 0 Å². The Hall–Kier alpha value is -1.31. The molecule has 0 aliphatic rings. The van der Waals surface area contributed by atoms with Crippen LogP contribution >= 0.6 is 0 Å². The van der Waals surface area contributed by atoms with Crippen molar-refractivity contribution in [3.63, 3.8) is 0 Å². The Balaban J connectivity index is 3.15. The first-order chi connectivity index (χ1) is 8.04. The summed E-state index contributed by atoms with van der Waals surface area (Å²) in [4.78, 5) is 0. The van der Waals surface area contributed by atoms with E-state index in [-0.39, 0.29) is 5.69 Å². The molecule has 0 atom stereocenters. The number of hydrogen-bond acceptors (Lipinski definition) is 2. The zero-order chi connectivity index (χ0) is 14.1. The first-order valence-corrected chi connectivity index (χ1v) is 6.47. The van der Waals surface area contributed by atoms with E-state index in [9.17, 15) is 26.0 Å². The lowest BCUT2D eigenvalue weighted by Gasteiger charge is -2.13. The van der Waals surface area contributed by atoms with E-state index in [0.29, 0.717) is 12.1 Å². The highest BCUT2D eigenvalue weighted by Gasteiger charge is 2.34. The van der Waals surface area contributed by atoms with Crippen LogP contribution in [0, 0.1) is 5.82 Å². The smallest absolute Gasteiger partial charge is 0.283 e. The van der Waals surface area contributed by atoms with Crippen LogP contribution < -0.4 is 4.72 Å². The molecule has 0 fully saturated rings. The Morgan fingerprint density at radius 2 is 1.78 bits per heavy atom. The predicted octanol–water partition coefficient (Wildman–Crippen LogP) is 2.99. The summed E-state index contributed by atoms with van der Waals surface area (Å²) < 4.78 is 75.1. The van der Waals surface area contributed by atoms with Crippen molar-refractivity contribution >= 4 is 15.7 Å². The molecule has 1 rings (SSSR count). The molecule has 0 amide bonds. The standard InChI is InChI=1S/C10H11F4NO2S/c1-6(2)18(16,17)15-7-3-4-9(11)8(5-7)10(12,13)14/h3-6,15H,1-2H3. The maximum absolute atomic E-state index is 13.0. The van der Waals surface area contributed by atoms with Crippen molar-refractivity contribution in [1.82, 2.24) is 0 Å². The Bertz CT molecular complexity index is 537. The van der Waals surface area contributed by atoms with Crippen LogP contribution in [0.4, 0.5) is 23.2 Å². The van der Waals surface area contributed by atoms with E-state index < -0.39 is 32.8 Å². The van der Waals surface area contributed by atoms with Gasteiger partial charge in [0.05, 0.1) is 10.8 Å². The van der Waals surface area contributed by atoms with E-state index in [1.807, 2.05) is 4.72 Å². The van der Waals surface area contributed by atoms with Gasteiger partial charge in [0, 0.05) is 5.69 Å². The first-order valence-electron chi connectivity index (χ1n) is 4.92. The lowest BCUT2D eigenvalue weighted by Crippen LogP contribution is -2.22. The van der Waals surface area contributed by atoms with Gasteiger partial charge in [-0.25, -0.2) is 12.8 Å². The SMILES string of the molecule is CC(C)S(=O)(=O)Nc1ccc(F)c(C(F)(F)F)c1. The fraction of sp³-hybridized carbons (Fsp3) is 0.400. The van der Waals surface area contributed by atoms with Gasteiger partial charge in [-0.15, -0.1) is 0 Å². The molecule has 1 aromatic carbocycles. The second kappa shape index (κ2) is 4.75. The van der Waals surface area contributed by atoms with Crippen molar-refractivity contribution in [2.45, 2.75) is 25.3 Å². The molecule has 18 heavy (non-hydrogen) atoms. The van der Waals surface area contributed by atoms with Crippen molar-refractivity contribution in [2.24, 2.45) is 0 Å². The van der Waals surface area contributed by atoms with Crippen molar-refractivity contribution in [1.29, 1.82) is 0 Å². The number of anilines is 1. The Morgan fingerprint density at radius 1 is 1.22 bits per heavy atom. The number of sulfonamides is 1. The highest BCUT2D eigenvalue weighted by molar-refractivity contribution is 7.93. The van der Waals surface area contributed by atoms with E-state index in [0.717, 1.165) is 6.07 Å². The van der Waals surface area contributed by atoms with Gasteiger partial charge in [-0.05, 0) is 32.0 Å². The van der Waals surface area contributed by atoms with Gasteiger partial charge in [-0.2, -0.15) is 13.2 Å². The summed E-state index contributed by atoms with van der Waals surface area (Å²) in [6.45, 7) is 2.74. The van der Waals surface area contributed by atoms with Gasteiger partial charge in [-0.1, -0.05) is 0 Å². The number of alkyl halides is 3. The molecule has 1 N–H and O–H groups in total. The van der Waals surface area contributed by atoms with E-state index in [4.69, 9.17) is 0 Å². The van der Waals surface area contributed by atoms with Gasteiger partial charge in [0.25, 0.3) is 0 Å². The average Bonchev–Trinajstić information content (AvgIpc) is 2.18. The topological polar surface area (TPSA) is 46.2 Å². The summed E-state index contributed by atoms with van der Waals surface area (Å²) in [7, 11) is -3.77.